The van der Waals surface area contributed by atoms with Crippen LogP contribution in [0.1, 0.15) is 30.7 Å². The van der Waals surface area contributed by atoms with Crippen LogP contribution in [0.3, 0.4) is 0 Å². The maximum atomic E-state index is 12.3. The van der Waals surface area contributed by atoms with Gasteiger partial charge >= 0.3 is 5.97 Å². The smallest absolute Gasteiger partial charge is 0.310 e. The molecule has 2 heterocycles. The van der Waals surface area contributed by atoms with Gasteiger partial charge in [0.05, 0.1) is 13.0 Å². The fourth-order valence-corrected chi connectivity index (χ4v) is 4.34. The Bertz CT molecular complexity index is 502. The van der Waals surface area contributed by atoms with E-state index in [1.54, 1.807) is 0 Å². The number of nitrogens with zero attached hydrogens (tertiary/aromatic N) is 1. The molecule has 2 fully saturated rings. The van der Waals surface area contributed by atoms with Crippen LogP contribution in [-0.4, -0.2) is 37.1 Å². The summed E-state index contributed by atoms with van der Waals surface area (Å²) in [5.41, 5.74) is 1.28. The van der Waals surface area contributed by atoms with Crippen molar-refractivity contribution < 1.29 is 9.53 Å². The van der Waals surface area contributed by atoms with Gasteiger partial charge in [-0.2, -0.15) is 0 Å². The van der Waals surface area contributed by atoms with Gasteiger partial charge in [0.15, 0.2) is 0 Å². The van der Waals surface area contributed by atoms with Crippen LogP contribution >= 0.6 is 22.6 Å². The first-order chi connectivity index (χ1) is 9.61. The van der Waals surface area contributed by atoms with Gasteiger partial charge in [-0.25, -0.2) is 0 Å². The first kappa shape index (κ1) is 14.3. The summed E-state index contributed by atoms with van der Waals surface area (Å²) in [6, 6.07) is 9.56. The highest BCUT2D eigenvalue weighted by molar-refractivity contribution is 14.1. The van der Waals surface area contributed by atoms with Gasteiger partial charge in [0.25, 0.3) is 0 Å². The van der Waals surface area contributed by atoms with Crippen LogP contribution in [0.4, 0.5) is 0 Å². The number of hydrogen-bond donors (Lipinski definition) is 0. The molecule has 108 valence electrons. The number of rotatable bonds is 2. The second kappa shape index (κ2) is 5.64. The average Bonchev–Trinajstić information content (AvgIpc) is 2.70. The van der Waals surface area contributed by atoms with Gasteiger partial charge in [0.1, 0.15) is 0 Å². The molecule has 0 radical (unpaired) electrons. The van der Waals surface area contributed by atoms with E-state index in [1.165, 1.54) is 22.7 Å². The van der Waals surface area contributed by atoms with E-state index in [2.05, 4.69) is 58.8 Å². The Kier molecular flexibility index (Phi) is 4.04. The van der Waals surface area contributed by atoms with Gasteiger partial charge in [0.2, 0.25) is 0 Å². The SMILES string of the molecule is COC(=O)[C@@H]1[C@@H](c2ccc([125I])cc2)C[C@@H]2CC[C@H]1N2C. The number of ether oxygens (including phenoxy) is 1. The molecule has 3 nitrogen and oxygen atoms in total. The zero-order chi connectivity index (χ0) is 14.3. The fourth-order valence-electron chi connectivity index (χ4n) is 3.98. The number of halogens is 1. The zero-order valence-electron chi connectivity index (χ0n) is 11.9. The molecule has 1 aromatic rings. The van der Waals surface area contributed by atoms with Crippen molar-refractivity contribution in [3.63, 3.8) is 0 Å². The summed E-state index contributed by atoms with van der Waals surface area (Å²) in [6.45, 7) is 0. The molecule has 2 bridgehead atoms. The third-order valence-electron chi connectivity index (χ3n) is 5.04. The minimum Gasteiger partial charge on any atom is -0.469 e. The van der Waals surface area contributed by atoms with Crippen molar-refractivity contribution in [1.82, 2.24) is 4.90 Å². The first-order valence-corrected chi connectivity index (χ1v) is 8.25. The predicted molar refractivity (Wildman–Crippen MR) is 86.6 cm³/mol. The van der Waals surface area contributed by atoms with Crippen LogP contribution < -0.4 is 0 Å². The second-order valence-corrected chi connectivity index (χ2v) is 7.15. The third kappa shape index (κ3) is 2.37. The minimum atomic E-state index is -0.0502. The number of hydrogen-bond acceptors (Lipinski definition) is 3. The van der Waals surface area contributed by atoms with Gasteiger partial charge in [-0.1, -0.05) is 12.1 Å². The van der Waals surface area contributed by atoms with E-state index in [1.807, 2.05) is 0 Å². The molecule has 4 atom stereocenters. The number of fused-ring (bicyclic) bond motifs is 2. The molecule has 0 N–H and O–H groups in total. The molecule has 2 saturated heterocycles. The van der Waals surface area contributed by atoms with Crippen molar-refractivity contribution >= 4 is 28.6 Å². The number of carbonyl (C=O) groups excluding carboxylic acids is 1. The molecule has 2 aliphatic rings. The van der Waals surface area contributed by atoms with E-state index < -0.39 is 0 Å². The molecule has 3 rings (SSSR count). The Morgan fingerprint density at radius 3 is 2.65 bits per heavy atom. The van der Waals surface area contributed by atoms with Crippen LogP contribution in [0, 0.1) is 9.49 Å². The van der Waals surface area contributed by atoms with Crippen molar-refractivity contribution in [1.29, 1.82) is 0 Å². The topological polar surface area (TPSA) is 29.5 Å². The Hall–Kier alpha value is -0.620. The predicted octanol–water partition coefficient (Wildman–Crippen LogP) is 3.03. The maximum Gasteiger partial charge on any atom is 0.310 e. The molecule has 0 aromatic heterocycles. The summed E-state index contributed by atoms with van der Waals surface area (Å²) in [4.78, 5) is 14.7. The van der Waals surface area contributed by atoms with Gasteiger partial charge < -0.3 is 4.74 Å². The molecule has 0 saturated carbocycles. The summed E-state index contributed by atoms with van der Waals surface area (Å²) in [6.07, 6.45) is 3.38. The maximum absolute atomic E-state index is 12.3. The molecule has 0 spiro atoms. The van der Waals surface area contributed by atoms with Crippen LogP contribution in [-0.2, 0) is 9.53 Å². The lowest BCUT2D eigenvalue weighted by molar-refractivity contribution is -0.150. The number of piperidine rings is 1. The molecule has 20 heavy (non-hydrogen) atoms. The lowest BCUT2D eigenvalue weighted by Crippen LogP contribution is -2.49. The summed E-state index contributed by atoms with van der Waals surface area (Å²) < 4.78 is 6.33. The molecule has 1 aromatic carbocycles. The van der Waals surface area contributed by atoms with E-state index in [0.717, 1.165) is 12.8 Å². The van der Waals surface area contributed by atoms with Crippen LogP contribution in [0.15, 0.2) is 24.3 Å². The third-order valence-corrected chi connectivity index (χ3v) is 5.76. The second-order valence-electron chi connectivity index (χ2n) is 5.91. The Morgan fingerprint density at radius 2 is 2.00 bits per heavy atom. The molecular weight excluding hydrogens is 363 g/mol. The zero-order valence-corrected chi connectivity index (χ0v) is 14.0. The summed E-state index contributed by atoms with van der Waals surface area (Å²) in [5, 5.41) is 0. The average molecular weight is 383 g/mol. The number of esters is 1. The quantitative estimate of drug-likeness (QED) is 0.581. The van der Waals surface area contributed by atoms with Crippen LogP contribution in [0.5, 0.6) is 0 Å². The van der Waals surface area contributed by atoms with Crippen LogP contribution in [0.25, 0.3) is 0 Å². The van der Waals surface area contributed by atoms with E-state index >= 15 is 0 Å². The highest BCUT2D eigenvalue weighted by Crippen LogP contribution is 2.46. The van der Waals surface area contributed by atoms with Gasteiger partial charge in [0, 0.05) is 21.6 Å². The number of methoxy groups -OCH3 is 1. The van der Waals surface area contributed by atoms with Gasteiger partial charge in [-0.15, -0.1) is 0 Å². The van der Waals surface area contributed by atoms with E-state index in [9.17, 15) is 4.79 Å². The Balaban J connectivity index is 1.95. The van der Waals surface area contributed by atoms with Crippen molar-refractivity contribution in [3.8, 4) is 0 Å². The Labute approximate surface area is 133 Å². The molecule has 0 aliphatic carbocycles. The molecule has 4 heteroatoms. The lowest BCUT2D eigenvalue weighted by Gasteiger charge is -2.41. The van der Waals surface area contributed by atoms with Crippen LogP contribution in [0.2, 0.25) is 0 Å². The van der Waals surface area contributed by atoms with E-state index in [-0.39, 0.29) is 11.9 Å². The highest BCUT2D eigenvalue weighted by Gasteiger charge is 2.49. The minimum absolute atomic E-state index is 0.0242. The summed E-state index contributed by atoms with van der Waals surface area (Å²) in [7, 11) is 3.66. The molecule has 0 amide bonds. The molecule has 0 unspecified atom stereocenters. The number of benzene rings is 1. The van der Waals surface area contributed by atoms with Gasteiger partial charge in [-0.3, -0.25) is 9.69 Å². The molecular formula is C16H20INO2. The monoisotopic (exact) mass is 383 g/mol. The standard InChI is InChI=1S/C16H20INO2/c1-18-12-7-8-14(18)15(16(19)20-2)13(9-12)10-3-5-11(17)6-4-10/h3-6,12-15H,7-9H2,1-2H3/t12-,13+,14+,15+/m0/s1/i17-2. The van der Waals surface area contributed by atoms with Crippen molar-refractivity contribution in [3.05, 3.63) is 33.4 Å². The van der Waals surface area contributed by atoms with Gasteiger partial charge in [-0.05, 0) is 66.6 Å². The van der Waals surface area contributed by atoms with Crippen molar-refractivity contribution in [2.75, 3.05) is 14.2 Å². The number of carbonyl (C=O) groups is 1. The first-order valence-electron chi connectivity index (χ1n) is 7.17. The fraction of sp³-hybridized carbons (Fsp3) is 0.562. The lowest BCUT2D eigenvalue weighted by atomic mass is 9.76. The largest absolute Gasteiger partial charge is 0.469 e. The van der Waals surface area contributed by atoms with E-state index in [0.29, 0.717) is 18.0 Å². The molecule has 2 aliphatic heterocycles. The van der Waals surface area contributed by atoms with E-state index in [4.69, 9.17) is 4.74 Å². The normalized spacial score (nSPS) is 33.1. The Morgan fingerprint density at radius 1 is 1.30 bits per heavy atom. The van der Waals surface area contributed by atoms with Crippen molar-refractivity contribution in [2.24, 2.45) is 5.92 Å². The highest BCUT2D eigenvalue weighted by atomic mass is 125. The van der Waals surface area contributed by atoms with Crippen molar-refractivity contribution in [2.45, 2.75) is 37.3 Å². The summed E-state index contributed by atoms with van der Waals surface area (Å²) in [5.74, 6) is 0.225. The summed E-state index contributed by atoms with van der Waals surface area (Å²) >= 11 is 2.32.